The smallest absolute Gasteiger partial charge is 0.255 e. The van der Waals surface area contributed by atoms with Crippen molar-refractivity contribution in [3.05, 3.63) is 23.7 Å². The zero-order chi connectivity index (χ0) is 12.6. The lowest BCUT2D eigenvalue weighted by Crippen LogP contribution is -2.64. The fourth-order valence-corrected chi connectivity index (χ4v) is 2.26. The lowest BCUT2D eigenvalue weighted by atomic mass is 9.63. The van der Waals surface area contributed by atoms with Crippen molar-refractivity contribution < 1.29 is 9.21 Å². The SMILES string of the molecule is CCc1occc1C(=O)NC1CC(N)C1(C)C. The summed E-state index contributed by atoms with van der Waals surface area (Å²) < 4.78 is 5.26. The number of rotatable bonds is 3. The van der Waals surface area contributed by atoms with Crippen LogP contribution in [0.4, 0.5) is 0 Å². The minimum atomic E-state index is -0.0550. The summed E-state index contributed by atoms with van der Waals surface area (Å²) in [4.78, 5) is 12.1. The number of aryl methyl sites for hydroxylation is 1. The van der Waals surface area contributed by atoms with E-state index < -0.39 is 0 Å². The minimum Gasteiger partial charge on any atom is -0.469 e. The molecule has 0 saturated heterocycles. The third kappa shape index (κ3) is 1.97. The van der Waals surface area contributed by atoms with Crippen molar-refractivity contribution in [2.45, 2.75) is 45.7 Å². The van der Waals surface area contributed by atoms with Crippen LogP contribution in [0.25, 0.3) is 0 Å². The highest BCUT2D eigenvalue weighted by Crippen LogP contribution is 2.39. The molecule has 0 bridgehead atoms. The van der Waals surface area contributed by atoms with Crippen LogP contribution in [0.5, 0.6) is 0 Å². The van der Waals surface area contributed by atoms with Gasteiger partial charge in [0, 0.05) is 23.9 Å². The summed E-state index contributed by atoms with van der Waals surface area (Å²) in [7, 11) is 0. The Morgan fingerprint density at radius 2 is 2.35 bits per heavy atom. The van der Waals surface area contributed by atoms with E-state index in [2.05, 4.69) is 19.2 Å². The highest BCUT2D eigenvalue weighted by Gasteiger charge is 2.46. The molecule has 4 nitrogen and oxygen atoms in total. The summed E-state index contributed by atoms with van der Waals surface area (Å²) in [5.41, 5.74) is 6.55. The van der Waals surface area contributed by atoms with Crippen LogP contribution >= 0.6 is 0 Å². The van der Waals surface area contributed by atoms with Crippen molar-refractivity contribution >= 4 is 5.91 Å². The van der Waals surface area contributed by atoms with Crippen LogP contribution in [0.2, 0.25) is 0 Å². The Morgan fingerprint density at radius 3 is 2.88 bits per heavy atom. The molecule has 0 aliphatic heterocycles. The largest absolute Gasteiger partial charge is 0.469 e. The van der Waals surface area contributed by atoms with E-state index in [4.69, 9.17) is 10.2 Å². The second-order valence-electron chi connectivity index (χ2n) is 5.30. The lowest BCUT2D eigenvalue weighted by molar-refractivity contribution is 0.0585. The maximum atomic E-state index is 12.1. The Bertz CT molecular complexity index is 423. The number of furan rings is 1. The Labute approximate surface area is 102 Å². The summed E-state index contributed by atoms with van der Waals surface area (Å²) in [5, 5.41) is 3.04. The molecule has 2 atom stereocenters. The summed E-state index contributed by atoms with van der Waals surface area (Å²) in [5.74, 6) is 0.685. The van der Waals surface area contributed by atoms with Crippen LogP contribution in [-0.2, 0) is 6.42 Å². The van der Waals surface area contributed by atoms with Gasteiger partial charge in [-0.25, -0.2) is 0 Å². The van der Waals surface area contributed by atoms with Gasteiger partial charge in [-0.3, -0.25) is 4.79 Å². The number of carbonyl (C=O) groups is 1. The number of amides is 1. The first kappa shape index (κ1) is 12.2. The van der Waals surface area contributed by atoms with Crippen LogP contribution in [-0.4, -0.2) is 18.0 Å². The van der Waals surface area contributed by atoms with Gasteiger partial charge >= 0.3 is 0 Å². The maximum Gasteiger partial charge on any atom is 0.255 e. The van der Waals surface area contributed by atoms with E-state index in [1.165, 1.54) is 0 Å². The van der Waals surface area contributed by atoms with Crippen molar-refractivity contribution in [2.24, 2.45) is 11.1 Å². The number of hydrogen-bond acceptors (Lipinski definition) is 3. The van der Waals surface area contributed by atoms with Gasteiger partial charge in [-0.2, -0.15) is 0 Å². The fraction of sp³-hybridized carbons (Fsp3) is 0.615. The number of hydrogen-bond donors (Lipinski definition) is 2. The number of nitrogens with two attached hydrogens (primary N) is 1. The van der Waals surface area contributed by atoms with Crippen molar-refractivity contribution in [1.82, 2.24) is 5.32 Å². The molecule has 1 aromatic heterocycles. The molecule has 0 aromatic carbocycles. The predicted molar refractivity (Wildman–Crippen MR) is 65.7 cm³/mol. The molecular formula is C13H20N2O2. The third-order valence-electron chi connectivity index (χ3n) is 3.96. The summed E-state index contributed by atoms with van der Waals surface area (Å²) in [6, 6.07) is 2.05. The Balaban J connectivity index is 2.04. The highest BCUT2D eigenvalue weighted by atomic mass is 16.3. The molecule has 0 spiro atoms. The molecule has 17 heavy (non-hydrogen) atoms. The van der Waals surface area contributed by atoms with Gasteiger partial charge in [0.05, 0.1) is 11.8 Å². The fourth-order valence-electron chi connectivity index (χ4n) is 2.26. The van der Waals surface area contributed by atoms with E-state index in [0.29, 0.717) is 5.56 Å². The van der Waals surface area contributed by atoms with Gasteiger partial charge in [0.1, 0.15) is 5.76 Å². The minimum absolute atomic E-state index is 0.0220. The number of carbonyl (C=O) groups excluding carboxylic acids is 1. The molecule has 1 saturated carbocycles. The standard InChI is InChI=1S/C13H20N2O2/c1-4-9-8(5-6-17-9)12(16)15-11-7-10(14)13(11,2)3/h5-6,10-11H,4,7,14H2,1-3H3,(H,15,16). The van der Waals surface area contributed by atoms with Crippen molar-refractivity contribution in [1.29, 1.82) is 0 Å². The van der Waals surface area contributed by atoms with Crippen LogP contribution in [0, 0.1) is 5.41 Å². The van der Waals surface area contributed by atoms with Gasteiger partial charge in [-0.05, 0) is 12.5 Å². The molecule has 3 N–H and O–H groups in total. The van der Waals surface area contributed by atoms with E-state index in [-0.39, 0.29) is 23.4 Å². The van der Waals surface area contributed by atoms with Crippen LogP contribution in [0.3, 0.4) is 0 Å². The molecule has 4 heteroatoms. The first-order valence-corrected chi connectivity index (χ1v) is 6.09. The summed E-state index contributed by atoms with van der Waals surface area (Å²) in [6.45, 7) is 6.14. The van der Waals surface area contributed by atoms with Gasteiger partial charge in [0.2, 0.25) is 0 Å². The van der Waals surface area contributed by atoms with E-state index >= 15 is 0 Å². The lowest BCUT2D eigenvalue weighted by Gasteiger charge is -2.50. The molecule has 1 aliphatic carbocycles. The van der Waals surface area contributed by atoms with Gasteiger partial charge in [0.25, 0.3) is 5.91 Å². The quantitative estimate of drug-likeness (QED) is 0.839. The van der Waals surface area contributed by atoms with E-state index in [9.17, 15) is 4.79 Å². The molecule has 94 valence electrons. The third-order valence-corrected chi connectivity index (χ3v) is 3.96. The normalized spacial score (nSPS) is 26.4. The van der Waals surface area contributed by atoms with E-state index in [1.54, 1.807) is 12.3 Å². The topological polar surface area (TPSA) is 68.3 Å². The van der Waals surface area contributed by atoms with E-state index in [0.717, 1.165) is 18.6 Å². The zero-order valence-corrected chi connectivity index (χ0v) is 10.6. The first-order chi connectivity index (χ1) is 7.96. The average molecular weight is 236 g/mol. The van der Waals surface area contributed by atoms with Gasteiger partial charge in [-0.15, -0.1) is 0 Å². The van der Waals surface area contributed by atoms with Crippen LogP contribution < -0.4 is 11.1 Å². The Hall–Kier alpha value is -1.29. The van der Waals surface area contributed by atoms with Gasteiger partial charge < -0.3 is 15.5 Å². The first-order valence-electron chi connectivity index (χ1n) is 6.09. The second kappa shape index (κ2) is 4.18. The second-order valence-corrected chi connectivity index (χ2v) is 5.30. The predicted octanol–water partition coefficient (Wildman–Crippen LogP) is 1.70. The van der Waals surface area contributed by atoms with Gasteiger partial charge in [-0.1, -0.05) is 20.8 Å². The molecule has 1 heterocycles. The highest BCUT2D eigenvalue weighted by molar-refractivity contribution is 5.95. The van der Waals surface area contributed by atoms with Crippen molar-refractivity contribution in [2.75, 3.05) is 0 Å². The Morgan fingerprint density at radius 1 is 1.65 bits per heavy atom. The van der Waals surface area contributed by atoms with Crippen molar-refractivity contribution in [3.8, 4) is 0 Å². The molecule has 1 aliphatic rings. The summed E-state index contributed by atoms with van der Waals surface area (Å²) in [6.07, 6.45) is 3.13. The average Bonchev–Trinajstić information content (AvgIpc) is 2.76. The maximum absolute atomic E-state index is 12.1. The molecule has 1 aromatic rings. The summed E-state index contributed by atoms with van der Waals surface area (Å²) >= 11 is 0. The monoisotopic (exact) mass is 236 g/mol. The molecule has 1 fully saturated rings. The Kier molecular flexibility index (Phi) is 3.00. The van der Waals surface area contributed by atoms with Crippen LogP contribution in [0.15, 0.2) is 16.7 Å². The zero-order valence-electron chi connectivity index (χ0n) is 10.6. The molecule has 2 rings (SSSR count). The van der Waals surface area contributed by atoms with Crippen LogP contribution in [0.1, 0.15) is 43.3 Å². The van der Waals surface area contributed by atoms with Gasteiger partial charge in [0.15, 0.2) is 0 Å². The number of nitrogens with one attached hydrogen (secondary N) is 1. The molecular weight excluding hydrogens is 216 g/mol. The van der Waals surface area contributed by atoms with E-state index in [1.807, 2.05) is 6.92 Å². The van der Waals surface area contributed by atoms with Crippen molar-refractivity contribution in [3.63, 3.8) is 0 Å². The molecule has 2 unspecified atom stereocenters. The molecule has 1 amide bonds. The molecule has 0 radical (unpaired) electrons.